The van der Waals surface area contributed by atoms with Crippen molar-refractivity contribution in [3.8, 4) is 11.5 Å². The maximum atomic E-state index is 10.4. The summed E-state index contributed by atoms with van der Waals surface area (Å²) in [4.78, 5) is 10.4. The summed E-state index contributed by atoms with van der Waals surface area (Å²) in [6, 6.07) is 5.05. The molecule has 66 valence electrons. The first kappa shape index (κ1) is 7.86. The fourth-order valence-electron chi connectivity index (χ4n) is 1.28. The molecule has 3 heteroatoms. The van der Waals surface area contributed by atoms with Gasteiger partial charge in [0.05, 0.1) is 0 Å². The van der Waals surface area contributed by atoms with Crippen LogP contribution in [0.2, 0.25) is 0 Å². The van der Waals surface area contributed by atoms with Crippen LogP contribution in [0.4, 0.5) is 0 Å². The second-order valence-electron chi connectivity index (χ2n) is 2.82. The number of fused-ring (bicyclic) bond motifs is 1. The van der Waals surface area contributed by atoms with Gasteiger partial charge in [0, 0.05) is 11.1 Å². The maximum absolute atomic E-state index is 10.4. The number of ether oxygens (including phenoxy) is 1. The third kappa shape index (κ3) is 1.28. The minimum absolute atomic E-state index is 0.110. The summed E-state index contributed by atoms with van der Waals surface area (Å²) in [6.45, 7) is 0.230. The number of rotatable bonds is 1. The molecule has 1 aliphatic heterocycles. The SMILES string of the molecule is O=CC1=Cc2cccc(O)c2OC1. The van der Waals surface area contributed by atoms with Crippen molar-refractivity contribution in [1.82, 2.24) is 0 Å². The van der Waals surface area contributed by atoms with Gasteiger partial charge in [0.2, 0.25) is 0 Å². The minimum atomic E-state index is 0.110. The molecule has 1 aromatic rings. The van der Waals surface area contributed by atoms with Gasteiger partial charge in [0.25, 0.3) is 0 Å². The van der Waals surface area contributed by atoms with Crippen LogP contribution in [-0.2, 0) is 4.79 Å². The Morgan fingerprint density at radius 1 is 1.46 bits per heavy atom. The van der Waals surface area contributed by atoms with Crippen LogP contribution in [0.3, 0.4) is 0 Å². The minimum Gasteiger partial charge on any atom is -0.504 e. The Bertz CT molecular complexity index is 380. The first-order valence-electron chi connectivity index (χ1n) is 3.92. The molecule has 2 rings (SSSR count). The molecule has 1 aliphatic rings. The second kappa shape index (κ2) is 2.94. The standard InChI is InChI=1S/C10H8O3/c11-5-7-4-8-2-1-3-9(12)10(8)13-6-7/h1-5,12H,6H2. The van der Waals surface area contributed by atoms with Crippen molar-refractivity contribution >= 4 is 12.4 Å². The van der Waals surface area contributed by atoms with E-state index < -0.39 is 0 Å². The van der Waals surface area contributed by atoms with Crippen LogP contribution in [0.15, 0.2) is 23.8 Å². The Morgan fingerprint density at radius 3 is 3.08 bits per heavy atom. The van der Waals surface area contributed by atoms with E-state index in [1.54, 1.807) is 24.3 Å². The molecule has 1 aromatic carbocycles. The number of hydrogen-bond acceptors (Lipinski definition) is 3. The monoisotopic (exact) mass is 176 g/mol. The summed E-state index contributed by atoms with van der Waals surface area (Å²) >= 11 is 0. The second-order valence-corrected chi connectivity index (χ2v) is 2.82. The molecule has 0 spiro atoms. The van der Waals surface area contributed by atoms with Gasteiger partial charge in [0.15, 0.2) is 11.5 Å². The summed E-state index contributed by atoms with van der Waals surface area (Å²) < 4.78 is 5.21. The van der Waals surface area contributed by atoms with Crippen LogP contribution in [0.25, 0.3) is 6.08 Å². The van der Waals surface area contributed by atoms with E-state index in [2.05, 4.69) is 0 Å². The quantitative estimate of drug-likeness (QED) is 0.657. The Hall–Kier alpha value is -1.77. The number of benzene rings is 1. The van der Waals surface area contributed by atoms with E-state index in [1.807, 2.05) is 0 Å². The molecular weight excluding hydrogens is 168 g/mol. The highest BCUT2D eigenvalue weighted by molar-refractivity contribution is 5.84. The van der Waals surface area contributed by atoms with E-state index in [0.29, 0.717) is 11.3 Å². The molecule has 3 nitrogen and oxygen atoms in total. The van der Waals surface area contributed by atoms with Crippen molar-refractivity contribution in [2.75, 3.05) is 6.61 Å². The van der Waals surface area contributed by atoms with Crippen molar-refractivity contribution in [2.24, 2.45) is 0 Å². The Kier molecular flexibility index (Phi) is 1.77. The van der Waals surface area contributed by atoms with Gasteiger partial charge in [0.1, 0.15) is 12.9 Å². The topological polar surface area (TPSA) is 46.5 Å². The first-order chi connectivity index (χ1) is 6.31. The van der Waals surface area contributed by atoms with Gasteiger partial charge >= 0.3 is 0 Å². The number of phenols is 1. The zero-order valence-electron chi connectivity index (χ0n) is 6.86. The molecule has 0 fully saturated rings. The number of aromatic hydroxyl groups is 1. The molecule has 1 N–H and O–H groups in total. The van der Waals surface area contributed by atoms with E-state index in [0.717, 1.165) is 11.8 Å². The smallest absolute Gasteiger partial charge is 0.168 e. The van der Waals surface area contributed by atoms with Gasteiger partial charge < -0.3 is 9.84 Å². The van der Waals surface area contributed by atoms with Crippen molar-refractivity contribution in [3.05, 3.63) is 29.3 Å². The van der Waals surface area contributed by atoms with Gasteiger partial charge in [-0.2, -0.15) is 0 Å². The Labute approximate surface area is 75.3 Å². The lowest BCUT2D eigenvalue weighted by Crippen LogP contribution is -2.07. The Morgan fingerprint density at radius 2 is 2.31 bits per heavy atom. The van der Waals surface area contributed by atoms with E-state index >= 15 is 0 Å². The molecular formula is C10H8O3. The summed E-state index contributed by atoms with van der Waals surface area (Å²) in [5.41, 5.74) is 1.33. The van der Waals surface area contributed by atoms with Crippen LogP contribution in [0.5, 0.6) is 11.5 Å². The highest BCUT2D eigenvalue weighted by Gasteiger charge is 2.13. The molecule has 0 saturated carbocycles. The fraction of sp³-hybridized carbons (Fsp3) is 0.100. The van der Waals surface area contributed by atoms with Crippen LogP contribution in [-0.4, -0.2) is 18.0 Å². The Balaban J connectivity index is 2.53. The molecule has 0 saturated heterocycles. The lowest BCUT2D eigenvalue weighted by atomic mass is 10.1. The lowest BCUT2D eigenvalue weighted by molar-refractivity contribution is -0.105. The molecule has 0 aliphatic carbocycles. The highest BCUT2D eigenvalue weighted by atomic mass is 16.5. The number of aldehydes is 1. The van der Waals surface area contributed by atoms with Crippen LogP contribution >= 0.6 is 0 Å². The van der Waals surface area contributed by atoms with Crippen molar-refractivity contribution < 1.29 is 14.6 Å². The zero-order chi connectivity index (χ0) is 9.26. The van der Waals surface area contributed by atoms with Crippen LogP contribution < -0.4 is 4.74 Å². The normalized spacial score (nSPS) is 14.0. The van der Waals surface area contributed by atoms with Crippen molar-refractivity contribution in [2.45, 2.75) is 0 Å². The molecule has 0 bridgehead atoms. The van der Waals surface area contributed by atoms with E-state index in [9.17, 15) is 9.90 Å². The fourth-order valence-corrected chi connectivity index (χ4v) is 1.28. The van der Waals surface area contributed by atoms with Crippen molar-refractivity contribution in [1.29, 1.82) is 0 Å². The molecule has 0 aromatic heterocycles. The van der Waals surface area contributed by atoms with Gasteiger partial charge in [-0.25, -0.2) is 0 Å². The molecule has 1 heterocycles. The van der Waals surface area contributed by atoms with Crippen molar-refractivity contribution in [3.63, 3.8) is 0 Å². The van der Waals surface area contributed by atoms with E-state index in [-0.39, 0.29) is 12.4 Å². The molecule has 13 heavy (non-hydrogen) atoms. The third-order valence-electron chi connectivity index (χ3n) is 1.90. The molecule has 0 amide bonds. The summed E-state index contributed by atoms with van der Waals surface area (Å²) in [7, 11) is 0. The predicted octanol–water partition coefficient (Wildman–Crippen LogP) is 1.37. The van der Waals surface area contributed by atoms with Gasteiger partial charge in [-0.3, -0.25) is 4.79 Å². The summed E-state index contributed by atoms with van der Waals surface area (Å²) in [6.07, 6.45) is 2.47. The van der Waals surface area contributed by atoms with E-state index in [4.69, 9.17) is 4.74 Å². The number of carbonyl (C=O) groups excluding carboxylic acids is 1. The van der Waals surface area contributed by atoms with E-state index in [1.165, 1.54) is 0 Å². The predicted molar refractivity (Wildman–Crippen MR) is 47.6 cm³/mol. The van der Waals surface area contributed by atoms with Gasteiger partial charge in [-0.1, -0.05) is 12.1 Å². The third-order valence-corrected chi connectivity index (χ3v) is 1.90. The maximum Gasteiger partial charge on any atom is 0.168 e. The average molecular weight is 176 g/mol. The van der Waals surface area contributed by atoms with Gasteiger partial charge in [-0.05, 0) is 12.1 Å². The number of phenolic OH excluding ortho intramolecular Hbond substituents is 1. The summed E-state index contributed by atoms with van der Waals surface area (Å²) in [5.74, 6) is 0.562. The highest BCUT2D eigenvalue weighted by Crippen LogP contribution is 2.34. The van der Waals surface area contributed by atoms with Gasteiger partial charge in [-0.15, -0.1) is 0 Å². The molecule has 0 unspecified atom stereocenters. The molecule has 0 atom stereocenters. The number of para-hydroxylation sites is 1. The number of carbonyl (C=O) groups is 1. The first-order valence-corrected chi connectivity index (χ1v) is 3.92. The average Bonchev–Trinajstić information content (AvgIpc) is 2.18. The molecule has 0 radical (unpaired) electrons. The lowest BCUT2D eigenvalue weighted by Gasteiger charge is -2.15. The van der Waals surface area contributed by atoms with Crippen LogP contribution in [0.1, 0.15) is 5.56 Å². The number of hydrogen-bond donors (Lipinski definition) is 1. The zero-order valence-corrected chi connectivity index (χ0v) is 6.86. The van der Waals surface area contributed by atoms with Crippen LogP contribution in [0, 0.1) is 0 Å². The summed E-state index contributed by atoms with van der Waals surface area (Å²) in [5, 5.41) is 9.37. The largest absolute Gasteiger partial charge is 0.504 e.